The van der Waals surface area contributed by atoms with Crippen LogP contribution < -0.4 is 0 Å². The molecule has 0 saturated carbocycles. The molecule has 2 heterocycles. The highest BCUT2D eigenvalue weighted by atomic mass is 16.2. The summed E-state index contributed by atoms with van der Waals surface area (Å²) in [5, 5.41) is 4.71. The smallest absolute Gasteiger partial charge is 0.272 e. The maximum atomic E-state index is 13.0. The molecule has 0 atom stereocenters. The SMILES string of the molecule is O=C(c1cc(-c2ccccc2)nn1-c1ccccc1)N1CCCC1. The van der Waals surface area contributed by atoms with Gasteiger partial charge in [-0.2, -0.15) is 5.10 Å². The summed E-state index contributed by atoms with van der Waals surface area (Å²) in [6, 6.07) is 21.7. The second-order valence-corrected chi connectivity index (χ2v) is 6.03. The fourth-order valence-corrected chi connectivity index (χ4v) is 3.13. The van der Waals surface area contributed by atoms with Gasteiger partial charge in [0.15, 0.2) is 0 Å². The van der Waals surface area contributed by atoms with Crippen LogP contribution in [0.2, 0.25) is 0 Å². The molecule has 1 amide bonds. The minimum atomic E-state index is 0.0611. The predicted octanol–water partition coefficient (Wildman–Crippen LogP) is 3.78. The Morgan fingerprint density at radius 3 is 2.17 bits per heavy atom. The highest BCUT2D eigenvalue weighted by Crippen LogP contribution is 2.23. The van der Waals surface area contributed by atoms with Gasteiger partial charge in [0.2, 0.25) is 0 Å². The average Bonchev–Trinajstić information content (AvgIpc) is 3.33. The zero-order valence-electron chi connectivity index (χ0n) is 13.4. The molecule has 120 valence electrons. The summed E-state index contributed by atoms with van der Waals surface area (Å²) in [5.74, 6) is 0.0611. The first-order chi connectivity index (χ1) is 11.8. The zero-order chi connectivity index (χ0) is 16.4. The second-order valence-electron chi connectivity index (χ2n) is 6.03. The van der Waals surface area contributed by atoms with Gasteiger partial charge in [-0.25, -0.2) is 4.68 Å². The first-order valence-electron chi connectivity index (χ1n) is 8.33. The Labute approximate surface area is 141 Å². The molecular formula is C20H19N3O. The van der Waals surface area contributed by atoms with Gasteiger partial charge in [-0.05, 0) is 31.0 Å². The monoisotopic (exact) mass is 317 g/mol. The van der Waals surface area contributed by atoms with Crippen LogP contribution in [-0.4, -0.2) is 33.7 Å². The van der Waals surface area contributed by atoms with Crippen LogP contribution in [0.1, 0.15) is 23.3 Å². The van der Waals surface area contributed by atoms with Gasteiger partial charge in [0.25, 0.3) is 5.91 Å². The maximum absolute atomic E-state index is 13.0. The molecule has 0 bridgehead atoms. The first-order valence-corrected chi connectivity index (χ1v) is 8.33. The fraction of sp³-hybridized carbons (Fsp3) is 0.200. The van der Waals surface area contributed by atoms with Crippen molar-refractivity contribution in [3.8, 4) is 16.9 Å². The molecule has 4 rings (SSSR count). The summed E-state index contributed by atoms with van der Waals surface area (Å²) in [6.07, 6.45) is 2.16. The van der Waals surface area contributed by atoms with E-state index in [1.807, 2.05) is 71.6 Å². The zero-order valence-corrected chi connectivity index (χ0v) is 13.4. The Balaban J connectivity index is 1.81. The molecule has 2 aromatic carbocycles. The van der Waals surface area contributed by atoms with Crippen molar-refractivity contribution in [3.63, 3.8) is 0 Å². The predicted molar refractivity (Wildman–Crippen MR) is 94.1 cm³/mol. The molecule has 0 spiro atoms. The Morgan fingerprint density at radius 2 is 1.50 bits per heavy atom. The van der Waals surface area contributed by atoms with Gasteiger partial charge in [0, 0.05) is 18.7 Å². The molecule has 1 fully saturated rings. The topological polar surface area (TPSA) is 38.1 Å². The Morgan fingerprint density at radius 1 is 0.875 bits per heavy atom. The standard InChI is InChI=1S/C20H19N3O/c24-20(22-13-7-8-14-22)19-15-18(16-9-3-1-4-10-16)21-23(19)17-11-5-2-6-12-17/h1-6,9-12,15H,7-8,13-14H2. The van der Waals surface area contributed by atoms with Crippen LogP contribution >= 0.6 is 0 Å². The summed E-state index contributed by atoms with van der Waals surface area (Å²) in [6.45, 7) is 1.67. The van der Waals surface area contributed by atoms with Crippen LogP contribution in [0.25, 0.3) is 16.9 Å². The lowest BCUT2D eigenvalue weighted by molar-refractivity contribution is 0.0784. The molecule has 24 heavy (non-hydrogen) atoms. The van der Waals surface area contributed by atoms with Crippen LogP contribution in [0.15, 0.2) is 66.7 Å². The van der Waals surface area contributed by atoms with Gasteiger partial charge in [-0.1, -0.05) is 48.5 Å². The third kappa shape index (κ3) is 2.71. The Bertz CT molecular complexity index is 834. The third-order valence-electron chi connectivity index (χ3n) is 4.39. The molecule has 1 aliphatic heterocycles. The lowest BCUT2D eigenvalue weighted by atomic mass is 10.1. The number of carbonyl (C=O) groups is 1. The van der Waals surface area contributed by atoms with Gasteiger partial charge in [-0.3, -0.25) is 4.79 Å². The number of carbonyl (C=O) groups excluding carboxylic acids is 1. The molecule has 4 nitrogen and oxygen atoms in total. The number of hydrogen-bond acceptors (Lipinski definition) is 2. The van der Waals surface area contributed by atoms with Crippen molar-refractivity contribution < 1.29 is 4.79 Å². The Hall–Kier alpha value is -2.88. The number of amides is 1. The second kappa shape index (κ2) is 6.32. The van der Waals surface area contributed by atoms with Crippen molar-refractivity contribution in [3.05, 3.63) is 72.4 Å². The maximum Gasteiger partial charge on any atom is 0.272 e. The van der Waals surface area contributed by atoms with E-state index in [0.29, 0.717) is 5.69 Å². The normalized spacial score (nSPS) is 14.1. The van der Waals surface area contributed by atoms with E-state index in [9.17, 15) is 4.79 Å². The molecular weight excluding hydrogens is 298 g/mol. The van der Waals surface area contributed by atoms with E-state index in [1.165, 1.54) is 0 Å². The molecule has 0 aliphatic carbocycles. The van der Waals surface area contributed by atoms with Crippen molar-refractivity contribution in [1.29, 1.82) is 0 Å². The minimum absolute atomic E-state index is 0.0611. The van der Waals surface area contributed by atoms with Crippen molar-refractivity contribution in [1.82, 2.24) is 14.7 Å². The first kappa shape index (κ1) is 14.7. The number of hydrogen-bond donors (Lipinski definition) is 0. The van der Waals surface area contributed by atoms with Gasteiger partial charge in [-0.15, -0.1) is 0 Å². The van der Waals surface area contributed by atoms with Crippen LogP contribution in [0, 0.1) is 0 Å². The lowest BCUT2D eigenvalue weighted by Gasteiger charge is -2.15. The van der Waals surface area contributed by atoms with Gasteiger partial charge in [0.05, 0.1) is 11.4 Å². The molecule has 0 N–H and O–H groups in total. The quantitative estimate of drug-likeness (QED) is 0.737. The van der Waals surface area contributed by atoms with E-state index in [-0.39, 0.29) is 5.91 Å². The van der Waals surface area contributed by atoms with Gasteiger partial charge >= 0.3 is 0 Å². The third-order valence-corrected chi connectivity index (χ3v) is 4.39. The van der Waals surface area contributed by atoms with Gasteiger partial charge in [0.1, 0.15) is 5.69 Å². The molecule has 1 aromatic heterocycles. The van der Waals surface area contributed by atoms with Gasteiger partial charge < -0.3 is 4.90 Å². The summed E-state index contributed by atoms with van der Waals surface area (Å²) >= 11 is 0. The van der Waals surface area contributed by atoms with Crippen LogP contribution in [0.5, 0.6) is 0 Å². The highest BCUT2D eigenvalue weighted by Gasteiger charge is 2.24. The molecule has 1 saturated heterocycles. The van der Waals surface area contributed by atoms with E-state index in [0.717, 1.165) is 42.9 Å². The fourth-order valence-electron chi connectivity index (χ4n) is 3.13. The van der Waals surface area contributed by atoms with E-state index in [1.54, 1.807) is 4.68 Å². The van der Waals surface area contributed by atoms with E-state index in [2.05, 4.69) is 0 Å². The van der Waals surface area contributed by atoms with Crippen molar-refractivity contribution in [2.24, 2.45) is 0 Å². The summed E-state index contributed by atoms with van der Waals surface area (Å²) in [5.41, 5.74) is 3.37. The number of aromatic nitrogens is 2. The molecule has 0 radical (unpaired) electrons. The number of nitrogens with zero attached hydrogens (tertiary/aromatic N) is 3. The van der Waals surface area contributed by atoms with Crippen LogP contribution in [-0.2, 0) is 0 Å². The Kier molecular flexibility index (Phi) is 3.87. The summed E-state index contributed by atoms with van der Waals surface area (Å²) in [4.78, 5) is 14.9. The summed E-state index contributed by atoms with van der Waals surface area (Å²) < 4.78 is 1.77. The van der Waals surface area contributed by atoms with E-state index < -0.39 is 0 Å². The number of rotatable bonds is 3. The van der Waals surface area contributed by atoms with Crippen molar-refractivity contribution >= 4 is 5.91 Å². The average molecular weight is 317 g/mol. The van der Waals surface area contributed by atoms with E-state index in [4.69, 9.17) is 5.10 Å². The minimum Gasteiger partial charge on any atom is -0.337 e. The molecule has 4 heteroatoms. The molecule has 0 unspecified atom stereocenters. The number of benzene rings is 2. The largest absolute Gasteiger partial charge is 0.337 e. The van der Waals surface area contributed by atoms with Crippen LogP contribution in [0.4, 0.5) is 0 Å². The lowest BCUT2D eigenvalue weighted by Crippen LogP contribution is -2.29. The highest BCUT2D eigenvalue weighted by molar-refractivity contribution is 5.94. The van der Waals surface area contributed by atoms with Crippen LogP contribution in [0.3, 0.4) is 0 Å². The van der Waals surface area contributed by atoms with Crippen molar-refractivity contribution in [2.75, 3.05) is 13.1 Å². The van der Waals surface area contributed by atoms with E-state index >= 15 is 0 Å². The molecule has 1 aliphatic rings. The number of likely N-dealkylation sites (tertiary alicyclic amines) is 1. The summed E-state index contributed by atoms with van der Waals surface area (Å²) in [7, 11) is 0. The molecule has 3 aromatic rings. The number of para-hydroxylation sites is 1. The van der Waals surface area contributed by atoms with Crippen molar-refractivity contribution in [2.45, 2.75) is 12.8 Å².